The Hall–Kier alpha value is -2.12. The highest BCUT2D eigenvalue weighted by molar-refractivity contribution is 8.18. The van der Waals surface area contributed by atoms with E-state index in [1.807, 2.05) is 55.5 Å². The first-order chi connectivity index (χ1) is 14.0. The van der Waals surface area contributed by atoms with Crippen LogP contribution in [0.5, 0.6) is 0 Å². The van der Waals surface area contributed by atoms with Crippen molar-refractivity contribution >= 4 is 69.6 Å². The van der Waals surface area contributed by atoms with E-state index < -0.39 is 0 Å². The Morgan fingerprint density at radius 1 is 1.07 bits per heavy atom. The quantitative estimate of drug-likeness (QED) is 0.428. The van der Waals surface area contributed by atoms with Crippen molar-refractivity contribution in [3.8, 4) is 0 Å². The van der Waals surface area contributed by atoms with Crippen molar-refractivity contribution in [1.82, 2.24) is 5.32 Å². The van der Waals surface area contributed by atoms with Gasteiger partial charge in [-0.3, -0.25) is 4.79 Å². The fourth-order valence-corrected chi connectivity index (χ4v) is 4.39. The summed E-state index contributed by atoms with van der Waals surface area (Å²) in [7, 11) is 0. The summed E-state index contributed by atoms with van der Waals surface area (Å²) in [5, 5.41) is 5.30. The maximum absolute atomic E-state index is 12.3. The van der Waals surface area contributed by atoms with Gasteiger partial charge in [-0.2, -0.15) is 0 Å². The summed E-state index contributed by atoms with van der Waals surface area (Å²) in [4.78, 5) is 18.3. The molecule has 2 heterocycles. The van der Waals surface area contributed by atoms with Crippen LogP contribution in [0, 0.1) is 6.92 Å². The van der Waals surface area contributed by atoms with Crippen LogP contribution in [0.3, 0.4) is 0 Å². The van der Waals surface area contributed by atoms with E-state index in [-0.39, 0.29) is 5.91 Å². The SMILES string of the molecule is Cc1ccc(Cl)cc1N=C1NC(=O)/C(=C/c2ccc(Sc3ccc(Cl)cc3)o2)S1. The molecule has 1 saturated heterocycles. The van der Waals surface area contributed by atoms with Crippen LogP contribution in [0.15, 0.2) is 78.9 Å². The number of nitrogens with zero attached hydrogens (tertiary/aromatic N) is 1. The van der Waals surface area contributed by atoms with E-state index in [9.17, 15) is 4.79 Å². The molecule has 0 radical (unpaired) electrons. The molecule has 4 rings (SSSR count). The van der Waals surface area contributed by atoms with Crippen LogP contribution in [-0.2, 0) is 4.79 Å². The van der Waals surface area contributed by atoms with E-state index in [2.05, 4.69) is 10.3 Å². The second-order valence-corrected chi connectivity index (χ2v) is 9.11. The highest BCUT2D eigenvalue weighted by atomic mass is 35.5. The van der Waals surface area contributed by atoms with Crippen LogP contribution in [0.2, 0.25) is 10.0 Å². The number of carbonyl (C=O) groups excluding carboxylic acids is 1. The van der Waals surface area contributed by atoms with E-state index in [4.69, 9.17) is 27.6 Å². The fourth-order valence-electron chi connectivity index (χ4n) is 2.51. The van der Waals surface area contributed by atoms with E-state index in [1.54, 1.807) is 12.1 Å². The Kier molecular flexibility index (Phi) is 6.06. The zero-order valence-electron chi connectivity index (χ0n) is 15.1. The minimum Gasteiger partial charge on any atom is -0.450 e. The first-order valence-electron chi connectivity index (χ1n) is 8.55. The van der Waals surface area contributed by atoms with Crippen molar-refractivity contribution in [2.24, 2.45) is 4.99 Å². The van der Waals surface area contributed by atoms with Gasteiger partial charge in [0.1, 0.15) is 5.76 Å². The average Bonchev–Trinajstić information content (AvgIpc) is 3.27. The number of aliphatic imine (C=N–C) groups is 1. The van der Waals surface area contributed by atoms with Gasteiger partial charge in [-0.05, 0) is 72.8 Å². The monoisotopic (exact) mass is 460 g/mol. The van der Waals surface area contributed by atoms with Crippen molar-refractivity contribution in [3.05, 3.63) is 80.9 Å². The third-order valence-electron chi connectivity index (χ3n) is 3.95. The van der Waals surface area contributed by atoms with E-state index in [0.717, 1.165) is 21.2 Å². The highest BCUT2D eigenvalue weighted by Crippen LogP contribution is 2.33. The van der Waals surface area contributed by atoms with Crippen LogP contribution in [0.1, 0.15) is 11.3 Å². The number of hydrogen-bond acceptors (Lipinski definition) is 5. The molecule has 1 aromatic heterocycles. The van der Waals surface area contributed by atoms with Crippen LogP contribution >= 0.6 is 46.7 Å². The van der Waals surface area contributed by atoms with Gasteiger partial charge in [0.05, 0.1) is 10.6 Å². The minimum absolute atomic E-state index is 0.211. The number of hydrogen-bond donors (Lipinski definition) is 1. The summed E-state index contributed by atoms with van der Waals surface area (Å²) in [5.41, 5.74) is 1.70. The molecule has 3 aromatic rings. The number of carbonyl (C=O) groups is 1. The molecule has 1 amide bonds. The van der Waals surface area contributed by atoms with Crippen molar-refractivity contribution in [1.29, 1.82) is 0 Å². The maximum atomic E-state index is 12.3. The summed E-state index contributed by atoms with van der Waals surface area (Å²) < 4.78 is 5.82. The third-order valence-corrected chi connectivity index (χ3v) is 6.28. The van der Waals surface area contributed by atoms with Crippen LogP contribution in [-0.4, -0.2) is 11.1 Å². The molecular formula is C21H14Cl2N2O2S2. The molecule has 1 aliphatic heterocycles. The molecule has 0 aliphatic carbocycles. The summed E-state index contributed by atoms with van der Waals surface area (Å²) in [6.07, 6.45) is 1.71. The number of nitrogens with one attached hydrogen (secondary N) is 1. The van der Waals surface area contributed by atoms with Gasteiger partial charge in [-0.25, -0.2) is 4.99 Å². The number of amidine groups is 1. The third kappa shape index (κ3) is 5.08. The first kappa shape index (κ1) is 20.2. The fraction of sp³-hybridized carbons (Fsp3) is 0.0476. The zero-order valence-corrected chi connectivity index (χ0v) is 18.3. The summed E-state index contributed by atoms with van der Waals surface area (Å²) >= 11 is 14.7. The van der Waals surface area contributed by atoms with Gasteiger partial charge in [0.25, 0.3) is 5.91 Å². The molecule has 0 atom stereocenters. The van der Waals surface area contributed by atoms with Crippen LogP contribution in [0.25, 0.3) is 6.08 Å². The second-order valence-electron chi connectivity index (χ2n) is 6.13. The Balaban J connectivity index is 1.49. The van der Waals surface area contributed by atoms with E-state index in [1.165, 1.54) is 23.5 Å². The van der Waals surface area contributed by atoms with Gasteiger partial charge >= 0.3 is 0 Å². The van der Waals surface area contributed by atoms with Gasteiger partial charge in [-0.1, -0.05) is 41.0 Å². The van der Waals surface area contributed by atoms with Gasteiger partial charge < -0.3 is 9.73 Å². The Morgan fingerprint density at radius 3 is 2.62 bits per heavy atom. The number of benzene rings is 2. The Bertz CT molecular complexity index is 1140. The minimum atomic E-state index is -0.211. The molecule has 0 saturated carbocycles. The lowest BCUT2D eigenvalue weighted by Gasteiger charge is -2.01. The second kappa shape index (κ2) is 8.71. The molecule has 2 aromatic carbocycles. The summed E-state index contributed by atoms with van der Waals surface area (Å²) in [6.45, 7) is 1.94. The molecule has 146 valence electrons. The summed E-state index contributed by atoms with van der Waals surface area (Å²) in [5.74, 6) is 0.385. The van der Waals surface area contributed by atoms with Crippen molar-refractivity contribution < 1.29 is 9.21 Å². The normalized spacial score (nSPS) is 16.6. The molecule has 0 spiro atoms. The van der Waals surface area contributed by atoms with Crippen molar-refractivity contribution in [3.63, 3.8) is 0 Å². The molecule has 0 unspecified atom stereocenters. The number of rotatable bonds is 4. The number of aryl methyl sites for hydroxylation is 1. The first-order valence-corrected chi connectivity index (χ1v) is 10.9. The predicted octanol–water partition coefficient (Wildman–Crippen LogP) is 6.94. The van der Waals surface area contributed by atoms with Crippen molar-refractivity contribution in [2.45, 2.75) is 16.9 Å². The van der Waals surface area contributed by atoms with Crippen LogP contribution < -0.4 is 5.32 Å². The molecule has 4 nitrogen and oxygen atoms in total. The molecular weight excluding hydrogens is 447 g/mol. The lowest BCUT2D eigenvalue weighted by Crippen LogP contribution is -2.19. The largest absolute Gasteiger partial charge is 0.450 e. The van der Waals surface area contributed by atoms with Gasteiger partial charge in [0.15, 0.2) is 10.3 Å². The van der Waals surface area contributed by atoms with Gasteiger partial charge in [0.2, 0.25) is 0 Å². The molecule has 8 heteroatoms. The molecule has 1 N–H and O–H groups in total. The lowest BCUT2D eigenvalue weighted by molar-refractivity contribution is -0.115. The standard InChI is InChI=1S/C21H14Cl2N2O2S2/c1-12-2-3-14(23)10-17(12)24-21-25-20(26)18(29-21)11-15-6-9-19(27-15)28-16-7-4-13(22)5-8-16/h2-11H,1H3,(H,24,25,26)/b18-11-. The average molecular weight is 461 g/mol. The van der Waals surface area contributed by atoms with E-state index in [0.29, 0.717) is 25.9 Å². The summed E-state index contributed by atoms with van der Waals surface area (Å²) in [6, 6.07) is 16.7. The van der Waals surface area contributed by atoms with Crippen LogP contribution in [0.4, 0.5) is 5.69 Å². The smallest absolute Gasteiger partial charge is 0.264 e. The number of amides is 1. The topological polar surface area (TPSA) is 54.6 Å². The number of thioether (sulfide) groups is 1. The molecule has 1 aliphatic rings. The highest BCUT2D eigenvalue weighted by Gasteiger charge is 2.24. The maximum Gasteiger partial charge on any atom is 0.264 e. The molecule has 1 fully saturated rings. The number of halogens is 2. The van der Waals surface area contributed by atoms with Gasteiger partial charge in [-0.15, -0.1) is 0 Å². The molecule has 29 heavy (non-hydrogen) atoms. The Morgan fingerprint density at radius 2 is 1.83 bits per heavy atom. The number of furan rings is 1. The predicted molar refractivity (Wildman–Crippen MR) is 121 cm³/mol. The lowest BCUT2D eigenvalue weighted by atomic mass is 10.2. The van der Waals surface area contributed by atoms with Crippen molar-refractivity contribution in [2.75, 3.05) is 0 Å². The zero-order chi connectivity index (χ0) is 20.4. The Labute approximate surface area is 186 Å². The van der Waals surface area contributed by atoms with E-state index >= 15 is 0 Å². The van der Waals surface area contributed by atoms with Gasteiger partial charge in [0, 0.05) is 21.0 Å². The molecule has 0 bridgehead atoms.